The monoisotopic (exact) mass is 286 g/mol. The van der Waals surface area contributed by atoms with Gasteiger partial charge < -0.3 is 11.1 Å². The van der Waals surface area contributed by atoms with E-state index >= 15 is 0 Å². The van der Waals surface area contributed by atoms with E-state index in [1.807, 2.05) is 24.3 Å². The maximum atomic E-state index is 6.08. The van der Waals surface area contributed by atoms with E-state index in [-0.39, 0.29) is 5.54 Å². The SMILES string of the molecule is NCC1(Nc2ccc(Cl)cc2)CCc2ccccc2C1. The van der Waals surface area contributed by atoms with E-state index < -0.39 is 0 Å². The minimum absolute atomic E-state index is 0.0534. The van der Waals surface area contributed by atoms with Crippen molar-refractivity contribution in [2.75, 3.05) is 11.9 Å². The van der Waals surface area contributed by atoms with E-state index in [1.165, 1.54) is 11.1 Å². The van der Waals surface area contributed by atoms with Crippen LogP contribution in [0.2, 0.25) is 5.02 Å². The Balaban J connectivity index is 1.84. The first kappa shape index (κ1) is 13.5. The van der Waals surface area contributed by atoms with Gasteiger partial charge in [-0.3, -0.25) is 0 Å². The Hall–Kier alpha value is -1.51. The van der Waals surface area contributed by atoms with Gasteiger partial charge in [-0.25, -0.2) is 0 Å². The number of aryl methyl sites for hydroxylation is 1. The van der Waals surface area contributed by atoms with E-state index in [4.69, 9.17) is 17.3 Å². The zero-order chi connectivity index (χ0) is 14.0. The maximum Gasteiger partial charge on any atom is 0.0539 e. The molecule has 0 radical (unpaired) electrons. The molecule has 0 aliphatic heterocycles. The Kier molecular flexibility index (Phi) is 3.68. The Morgan fingerprint density at radius 3 is 2.45 bits per heavy atom. The van der Waals surface area contributed by atoms with Crippen molar-refractivity contribution in [1.82, 2.24) is 0 Å². The molecule has 2 nitrogen and oxygen atoms in total. The van der Waals surface area contributed by atoms with Gasteiger partial charge in [0.25, 0.3) is 0 Å². The second-order valence-electron chi connectivity index (χ2n) is 5.56. The highest BCUT2D eigenvalue weighted by Gasteiger charge is 2.32. The summed E-state index contributed by atoms with van der Waals surface area (Å²) in [6.07, 6.45) is 3.11. The number of nitrogens with one attached hydrogen (secondary N) is 1. The number of nitrogens with two attached hydrogens (primary N) is 1. The second kappa shape index (κ2) is 5.47. The van der Waals surface area contributed by atoms with E-state index in [1.54, 1.807) is 0 Å². The molecule has 1 unspecified atom stereocenters. The molecule has 2 aromatic rings. The van der Waals surface area contributed by atoms with Crippen molar-refractivity contribution in [1.29, 1.82) is 0 Å². The molecule has 20 heavy (non-hydrogen) atoms. The van der Waals surface area contributed by atoms with Crippen molar-refractivity contribution in [2.24, 2.45) is 5.73 Å². The molecule has 0 saturated heterocycles. The minimum atomic E-state index is -0.0534. The quantitative estimate of drug-likeness (QED) is 0.904. The summed E-state index contributed by atoms with van der Waals surface area (Å²) in [5.41, 5.74) is 9.98. The van der Waals surface area contributed by atoms with Crippen molar-refractivity contribution in [2.45, 2.75) is 24.8 Å². The Bertz CT molecular complexity index is 594. The fourth-order valence-electron chi connectivity index (χ4n) is 2.97. The molecule has 104 valence electrons. The van der Waals surface area contributed by atoms with Gasteiger partial charge in [0.2, 0.25) is 0 Å². The molecule has 0 aromatic heterocycles. The van der Waals surface area contributed by atoms with Crippen LogP contribution < -0.4 is 11.1 Å². The van der Waals surface area contributed by atoms with Crippen LogP contribution >= 0.6 is 11.6 Å². The van der Waals surface area contributed by atoms with Crippen molar-refractivity contribution < 1.29 is 0 Å². The lowest BCUT2D eigenvalue weighted by Crippen LogP contribution is -2.49. The third kappa shape index (κ3) is 2.67. The first-order valence-corrected chi connectivity index (χ1v) is 7.39. The summed E-state index contributed by atoms with van der Waals surface area (Å²) < 4.78 is 0. The molecule has 3 rings (SSSR count). The van der Waals surface area contributed by atoms with Crippen LogP contribution in [-0.4, -0.2) is 12.1 Å². The van der Waals surface area contributed by atoms with Gasteiger partial charge in [0.15, 0.2) is 0 Å². The normalized spacial score (nSPS) is 21.3. The van der Waals surface area contributed by atoms with Gasteiger partial charge in [0.05, 0.1) is 5.54 Å². The van der Waals surface area contributed by atoms with E-state index in [0.717, 1.165) is 30.0 Å². The highest BCUT2D eigenvalue weighted by atomic mass is 35.5. The zero-order valence-electron chi connectivity index (χ0n) is 11.4. The fraction of sp³-hybridized carbons (Fsp3) is 0.294. The van der Waals surface area contributed by atoms with Crippen molar-refractivity contribution >= 4 is 17.3 Å². The van der Waals surface area contributed by atoms with Gasteiger partial charge in [-0.05, 0) is 54.7 Å². The number of rotatable bonds is 3. The number of benzene rings is 2. The van der Waals surface area contributed by atoms with E-state index in [9.17, 15) is 0 Å². The molecule has 0 spiro atoms. The van der Waals surface area contributed by atoms with Crippen LogP contribution in [0.25, 0.3) is 0 Å². The summed E-state index contributed by atoms with van der Waals surface area (Å²) in [6.45, 7) is 0.629. The lowest BCUT2D eigenvalue weighted by molar-refractivity contribution is 0.417. The van der Waals surface area contributed by atoms with Crippen LogP contribution in [0.4, 0.5) is 5.69 Å². The first-order chi connectivity index (χ1) is 9.71. The number of hydrogen-bond acceptors (Lipinski definition) is 2. The minimum Gasteiger partial charge on any atom is -0.378 e. The molecule has 2 aromatic carbocycles. The predicted molar refractivity (Wildman–Crippen MR) is 85.3 cm³/mol. The van der Waals surface area contributed by atoms with Gasteiger partial charge in [-0.15, -0.1) is 0 Å². The highest BCUT2D eigenvalue weighted by Crippen LogP contribution is 2.31. The van der Waals surface area contributed by atoms with Gasteiger partial charge >= 0.3 is 0 Å². The van der Waals surface area contributed by atoms with E-state index in [0.29, 0.717) is 6.54 Å². The van der Waals surface area contributed by atoms with Gasteiger partial charge in [-0.1, -0.05) is 35.9 Å². The molecule has 3 N–H and O–H groups in total. The molecule has 1 atom stereocenters. The van der Waals surface area contributed by atoms with E-state index in [2.05, 4.69) is 29.6 Å². The summed E-state index contributed by atoms with van der Waals surface area (Å²) in [6, 6.07) is 16.5. The van der Waals surface area contributed by atoms with Gasteiger partial charge in [0, 0.05) is 17.3 Å². The van der Waals surface area contributed by atoms with Crippen LogP contribution in [0.3, 0.4) is 0 Å². The molecule has 1 aliphatic carbocycles. The number of halogens is 1. The Labute approximate surface area is 125 Å². The van der Waals surface area contributed by atoms with Gasteiger partial charge in [-0.2, -0.15) is 0 Å². The fourth-order valence-corrected chi connectivity index (χ4v) is 3.10. The zero-order valence-corrected chi connectivity index (χ0v) is 12.2. The van der Waals surface area contributed by atoms with Crippen LogP contribution in [-0.2, 0) is 12.8 Å². The standard InChI is InChI=1S/C17H19ClN2/c18-15-5-7-16(8-6-15)20-17(12-19)10-9-13-3-1-2-4-14(13)11-17/h1-8,20H,9-12,19H2. The summed E-state index contributed by atoms with van der Waals surface area (Å²) in [5.74, 6) is 0. The Morgan fingerprint density at radius 1 is 1.05 bits per heavy atom. The highest BCUT2D eigenvalue weighted by molar-refractivity contribution is 6.30. The lowest BCUT2D eigenvalue weighted by atomic mass is 9.78. The number of anilines is 1. The molecule has 0 fully saturated rings. The molecular formula is C17H19ClN2. The average molecular weight is 287 g/mol. The molecule has 0 saturated carbocycles. The molecule has 0 heterocycles. The van der Waals surface area contributed by atoms with Crippen LogP contribution in [0.15, 0.2) is 48.5 Å². The maximum absolute atomic E-state index is 6.08. The van der Waals surface area contributed by atoms with Crippen molar-refractivity contribution in [3.8, 4) is 0 Å². The molecule has 0 bridgehead atoms. The van der Waals surface area contributed by atoms with Crippen LogP contribution in [0.5, 0.6) is 0 Å². The summed E-state index contributed by atoms with van der Waals surface area (Å²) in [7, 11) is 0. The van der Waals surface area contributed by atoms with Crippen molar-refractivity contribution in [3.63, 3.8) is 0 Å². The third-order valence-electron chi connectivity index (χ3n) is 4.16. The Morgan fingerprint density at radius 2 is 1.75 bits per heavy atom. The largest absolute Gasteiger partial charge is 0.378 e. The molecule has 1 aliphatic rings. The predicted octanol–water partition coefficient (Wildman–Crippen LogP) is 3.64. The van der Waals surface area contributed by atoms with Crippen LogP contribution in [0.1, 0.15) is 17.5 Å². The van der Waals surface area contributed by atoms with Crippen LogP contribution in [0, 0.1) is 0 Å². The number of fused-ring (bicyclic) bond motifs is 1. The molecule has 0 amide bonds. The third-order valence-corrected chi connectivity index (χ3v) is 4.42. The van der Waals surface area contributed by atoms with Gasteiger partial charge in [0.1, 0.15) is 0 Å². The molecule has 3 heteroatoms. The second-order valence-corrected chi connectivity index (χ2v) is 6.00. The summed E-state index contributed by atoms with van der Waals surface area (Å²) in [5, 5.41) is 4.38. The molecular weight excluding hydrogens is 268 g/mol. The topological polar surface area (TPSA) is 38.0 Å². The van der Waals surface area contributed by atoms with Crippen molar-refractivity contribution in [3.05, 3.63) is 64.7 Å². The summed E-state index contributed by atoms with van der Waals surface area (Å²) >= 11 is 5.94. The first-order valence-electron chi connectivity index (χ1n) is 7.01. The number of hydrogen-bond donors (Lipinski definition) is 2. The lowest BCUT2D eigenvalue weighted by Gasteiger charge is -2.39. The summed E-state index contributed by atoms with van der Waals surface area (Å²) in [4.78, 5) is 0. The smallest absolute Gasteiger partial charge is 0.0539 e. The average Bonchev–Trinajstić information content (AvgIpc) is 2.49.